The number of alkyl halides is 3. The predicted octanol–water partition coefficient (Wildman–Crippen LogP) is 6.65. The van der Waals surface area contributed by atoms with Crippen molar-refractivity contribution in [1.29, 1.82) is 0 Å². The molecule has 0 fully saturated rings. The van der Waals surface area contributed by atoms with Gasteiger partial charge in [0.05, 0.1) is 16.9 Å². The fraction of sp³-hybridized carbons (Fsp3) is 0.167. The lowest BCUT2D eigenvalue weighted by Gasteiger charge is -2.19. The summed E-state index contributed by atoms with van der Waals surface area (Å²) in [5, 5.41) is 8.11. The first kappa shape index (κ1) is 25.4. The van der Waals surface area contributed by atoms with Crippen LogP contribution in [0.25, 0.3) is 16.3 Å². The summed E-state index contributed by atoms with van der Waals surface area (Å²) in [5.41, 5.74) is 9.16. The number of hydrogen-bond acceptors (Lipinski definition) is 4. The van der Waals surface area contributed by atoms with Crippen LogP contribution in [0.3, 0.4) is 0 Å². The molecule has 1 aliphatic rings. The second-order valence-electron chi connectivity index (χ2n) is 9.09. The van der Waals surface area contributed by atoms with Crippen molar-refractivity contribution in [2.24, 2.45) is 0 Å². The van der Waals surface area contributed by atoms with Crippen molar-refractivity contribution in [3.8, 4) is 5.75 Å². The Bertz CT molecular complexity index is 1530. The number of nitrogens with one attached hydrogen (secondary N) is 2. The van der Waals surface area contributed by atoms with Crippen LogP contribution in [0.4, 0.5) is 24.5 Å². The highest BCUT2D eigenvalue weighted by Gasteiger charge is 2.34. The average molecular weight is 518 g/mol. The summed E-state index contributed by atoms with van der Waals surface area (Å²) in [5.74, 6) is -0.562. The molecule has 5 rings (SSSR count). The van der Waals surface area contributed by atoms with E-state index in [1.54, 1.807) is 12.1 Å². The summed E-state index contributed by atoms with van der Waals surface area (Å²) in [6.07, 6.45) is -1.79. The van der Waals surface area contributed by atoms with E-state index in [9.17, 15) is 18.0 Å². The maximum Gasteiger partial charge on any atom is 0.419 e. The van der Waals surface area contributed by atoms with E-state index in [-0.39, 0.29) is 18.3 Å². The molecule has 0 bridgehead atoms. The van der Waals surface area contributed by atoms with Gasteiger partial charge in [-0.15, -0.1) is 0 Å². The van der Waals surface area contributed by atoms with Crippen LogP contribution in [0.5, 0.6) is 5.75 Å². The molecule has 0 radical (unpaired) electrons. The molecule has 4 N–H and O–H groups in total. The lowest BCUT2D eigenvalue weighted by molar-refractivity contribution is -0.139. The Morgan fingerprint density at radius 2 is 1.71 bits per heavy atom. The van der Waals surface area contributed by atoms with Crippen molar-refractivity contribution < 1.29 is 22.7 Å². The SMILES string of the molecule is Nc1cc2ccccc2cc1NC(=O)c1ccc(COc2ccccc2C(F)(F)F)cc1C1=CCNCC1. The number of nitrogen functional groups attached to an aromatic ring is 1. The van der Waals surface area contributed by atoms with Crippen molar-refractivity contribution in [2.45, 2.75) is 19.2 Å². The molecule has 194 valence electrons. The number of anilines is 2. The fourth-order valence-electron chi connectivity index (χ4n) is 4.56. The molecule has 0 aliphatic carbocycles. The van der Waals surface area contributed by atoms with Gasteiger partial charge >= 0.3 is 6.18 Å². The molecule has 1 amide bonds. The number of ether oxygens (including phenoxy) is 1. The van der Waals surface area contributed by atoms with Crippen LogP contribution in [-0.2, 0) is 12.8 Å². The van der Waals surface area contributed by atoms with E-state index >= 15 is 0 Å². The van der Waals surface area contributed by atoms with Gasteiger partial charge in [-0.2, -0.15) is 13.2 Å². The Morgan fingerprint density at radius 1 is 0.974 bits per heavy atom. The summed E-state index contributed by atoms with van der Waals surface area (Å²) in [6.45, 7) is 1.34. The van der Waals surface area contributed by atoms with Crippen LogP contribution in [0.2, 0.25) is 0 Å². The summed E-state index contributed by atoms with van der Waals surface area (Å²) in [4.78, 5) is 13.4. The van der Waals surface area contributed by atoms with Crippen LogP contribution in [0.15, 0.2) is 84.9 Å². The van der Waals surface area contributed by atoms with Gasteiger partial charge in [-0.25, -0.2) is 0 Å². The van der Waals surface area contributed by atoms with Gasteiger partial charge < -0.3 is 21.1 Å². The molecule has 0 atom stereocenters. The minimum absolute atomic E-state index is 0.0782. The quantitative estimate of drug-likeness (QED) is 0.250. The molecular weight excluding hydrogens is 491 g/mol. The second-order valence-corrected chi connectivity index (χ2v) is 9.09. The zero-order valence-electron chi connectivity index (χ0n) is 20.4. The van der Waals surface area contributed by atoms with Crippen molar-refractivity contribution >= 4 is 33.6 Å². The molecule has 1 aliphatic heterocycles. The van der Waals surface area contributed by atoms with E-state index in [1.165, 1.54) is 18.2 Å². The molecule has 1 heterocycles. The highest BCUT2D eigenvalue weighted by atomic mass is 19.4. The van der Waals surface area contributed by atoms with Crippen LogP contribution in [-0.4, -0.2) is 19.0 Å². The number of amides is 1. The molecule has 0 aromatic heterocycles. The van der Waals surface area contributed by atoms with Gasteiger partial charge in [-0.1, -0.05) is 48.5 Å². The van der Waals surface area contributed by atoms with Gasteiger partial charge in [0.1, 0.15) is 12.4 Å². The zero-order valence-corrected chi connectivity index (χ0v) is 20.4. The minimum Gasteiger partial charge on any atom is -0.488 e. The Morgan fingerprint density at radius 3 is 2.45 bits per heavy atom. The molecule has 0 spiro atoms. The molecule has 5 nitrogen and oxygen atoms in total. The third-order valence-corrected chi connectivity index (χ3v) is 6.49. The number of carbonyl (C=O) groups excluding carboxylic acids is 1. The van der Waals surface area contributed by atoms with Crippen molar-refractivity contribution in [3.63, 3.8) is 0 Å². The molecular formula is C30H26F3N3O2. The largest absolute Gasteiger partial charge is 0.488 e. The van der Waals surface area contributed by atoms with Crippen molar-refractivity contribution in [3.05, 3.63) is 107 Å². The summed E-state index contributed by atoms with van der Waals surface area (Å²) >= 11 is 0. The molecule has 8 heteroatoms. The van der Waals surface area contributed by atoms with E-state index in [0.29, 0.717) is 41.0 Å². The molecule has 38 heavy (non-hydrogen) atoms. The Hall–Kier alpha value is -4.30. The maximum atomic E-state index is 13.4. The first-order valence-corrected chi connectivity index (χ1v) is 12.2. The van der Waals surface area contributed by atoms with E-state index in [4.69, 9.17) is 10.5 Å². The summed E-state index contributed by atoms with van der Waals surface area (Å²) in [7, 11) is 0. The highest BCUT2D eigenvalue weighted by Crippen LogP contribution is 2.36. The highest BCUT2D eigenvalue weighted by molar-refractivity contribution is 6.10. The monoisotopic (exact) mass is 517 g/mol. The molecule has 4 aromatic rings. The van der Waals surface area contributed by atoms with Crippen LogP contribution >= 0.6 is 0 Å². The Balaban J connectivity index is 1.44. The third-order valence-electron chi connectivity index (χ3n) is 6.49. The maximum absolute atomic E-state index is 13.4. The van der Waals surface area contributed by atoms with Gasteiger partial charge in [0.25, 0.3) is 5.91 Å². The van der Waals surface area contributed by atoms with Crippen LogP contribution in [0, 0.1) is 0 Å². The van der Waals surface area contributed by atoms with Crippen molar-refractivity contribution in [1.82, 2.24) is 5.32 Å². The Labute approximate surface area is 218 Å². The van der Waals surface area contributed by atoms with Gasteiger partial charge in [0, 0.05) is 12.1 Å². The summed E-state index contributed by atoms with van der Waals surface area (Å²) in [6, 6.07) is 21.7. The average Bonchev–Trinajstić information content (AvgIpc) is 2.92. The first-order valence-electron chi connectivity index (χ1n) is 12.2. The standard InChI is InChI=1S/C30H26F3N3O2/c31-30(32,33)25-7-3-4-8-28(25)38-18-19-9-10-23(24(15-19)20-11-13-35-14-12-20)29(37)36-27-17-22-6-2-1-5-21(22)16-26(27)34/h1-11,15-17,35H,12-14,18,34H2,(H,36,37). The molecule has 0 saturated heterocycles. The van der Waals surface area contributed by atoms with Gasteiger partial charge in [-0.05, 0) is 76.8 Å². The van der Waals surface area contributed by atoms with Crippen LogP contribution in [0.1, 0.15) is 33.5 Å². The number of nitrogens with two attached hydrogens (primary N) is 1. The fourth-order valence-corrected chi connectivity index (χ4v) is 4.56. The van der Waals surface area contributed by atoms with Gasteiger partial charge in [-0.3, -0.25) is 4.79 Å². The minimum atomic E-state index is -4.52. The van der Waals surface area contributed by atoms with E-state index < -0.39 is 11.7 Å². The van der Waals surface area contributed by atoms with Crippen LogP contribution < -0.4 is 21.1 Å². The number of carbonyl (C=O) groups is 1. The molecule has 4 aromatic carbocycles. The van der Waals surface area contributed by atoms with Gasteiger partial charge in [0.15, 0.2) is 0 Å². The normalized spacial score (nSPS) is 13.7. The molecule has 0 saturated carbocycles. The van der Waals surface area contributed by atoms with E-state index in [1.807, 2.05) is 48.5 Å². The second kappa shape index (κ2) is 10.6. The molecule has 0 unspecified atom stereocenters. The number of hydrogen-bond donors (Lipinski definition) is 3. The smallest absolute Gasteiger partial charge is 0.419 e. The number of halogens is 3. The number of fused-ring (bicyclic) bond motifs is 1. The topological polar surface area (TPSA) is 76.4 Å². The van der Waals surface area contributed by atoms with Gasteiger partial charge in [0.2, 0.25) is 0 Å². The number of para-hydroxylation sites is 1. The first-order chi connectivity index (χ1) is 18.3. The predicted molar refractivity (Wildman–Crippen MR) is 144 cm³/mol. The third kappa shape index (κ3) is 5.50. The lowest BCUT2D eigenvalue weighted by Crippen LogP contribution is -2.22. The van der Waals surface area contributed by atoms with E-state index in [2.05, 4.69) is 10.6 Å². The lowest BCUT2D eigenvalue weighted by atomic mass is 9.93. The number of rotatable bonds is 6. The summed E-state index contributed by atoms with van der Waals surface area (Å²) < 4.78 is 45.7. The van der Waals surface area contributed by atoms with Crippen molar-refractivity contribution in [2.75, 3.05) is 24.1 Å². The van der Waals surface area contributed by atoms with E-state index in [0.717, 1.165) is 29.0 Å². The number of benzene rings is 4. The Kier molecular flexibility index (Phi) is 7.07. The zero-order chi connectivity index (χ0) is 26.7.